The Labute approximate surface area is 92.9 Å². The number of rotatable bonds is 3. The van der Waals surface area contributed by atoms with Gasteiger partial charge in [-0.25, -0.2) is 4.39 Å². The molecule has 1 N–H and O–H groups in total. The standard InChI is InChI=1S/C11H11ClFNO/c1-11(7-14,4-5-15)9-3-2-8(12)6-10(9)13/h2-3,6,15H,4-5H2,1H3. The maximum Gasteiger partial charge on any atom is 0.129 e. The Balaban J connectivity index is 3.19. The lowest BCUT2D eigenvalue weighted by atomic mass is 9.81. The first-order valence-corrected chi connectivity index (χ1v) is 4.89. The predicted molar refractivity (Wildman–Crippen MR) is 56.1 cm³/mol. The van der Waals surface area contributed by atoms with Gasteiger partial charge in [0.15, 0.2) is 0 Å². The highest BCUT2D eigenvalue weighted by Crippen LogP contribution is 2.30. The third-order valence-electron chi connectivity index (χ3n) is 2.38. The van der Waals surface area contributed by atoms with Gasteiger partial charge in [-0.2, -0.15) is 5.26 Å². The van der Waals surface area contributed by atoms with Gasteiger partial charge >= 0.3 is 0 Å². The van der Waals surface area contributed by atoms with Crippen molar-refractivity contribution in [1.82, 2.24) is 0 Å². The number of hydrogen-bond acceptors (Lipinski definition) is 2. The second-order valence-electron chi connectivity index (χ2n) is 3.54. The minimum atomic E-state index is -1.01. The van der Waals surface area contributed by atoms with E-state index in [2.05, 4.69) is 0 Å². The highest BCUT2D eigenvalue weighted by Gasteiger charge is 2.28. The predicted octanol–water partition coefficient (Wildman–Crippen LogP) is 2.64. The number of hydrogen-bond donors (Lipinski definition) is 1. The van der Waals surface area contributed by atoms with E-state index in [4.69, 9.17) is 22.0 Å². The van der Waals surface area contributed by atoms with Gasteiger partial charge in [-0.3, -0.25) is 0 Å². The molecular formula is C11H11ClFNO. The van der Waals surface area contributed by atoms with Crippen LogP contribution in [0, 0.1) is 17.1 Å². The fourth-order valence-corrected chi connectivity index (χ4v) is 1.57. The van der Waals surface area contributed by atoms with Gasteiger partial charge in [-0.15, -0.1) is 0 Å². The molecule has 0 heterocycles. The highest BCUT2D eigenvalue weighted by molar-refractivity contribution is 6.30. The number of halogens is 2. The molecule has 0 saturated carbocycles. The first-order valence-electron chi connectivity index (χ1n) is 4.51. The van der Waals surface area contributed by atoms with E-state index in [1.807, 2.05) is 6.07 Å². The average Bonchev–Trinajstić information content (AvgIpc) is 2.17. The van der Waals surface area contributed by atoms with Gasteiger partial charge in [-0.1, -0.05) is 17.7 Å². The van der Waals surface area contributed by atoms with Crippen molar-refractivity contribution in [3.8, 4) is 6.07 Å². The van der Waals surface area contributed by atoms with Crippen LogP contribution in [0.5, 0.6) is 0 Å². The van der Waals surface area contributed by atoms with Gasteiger partial charge < -0.3 is 5.11 Å². The van der Waals surface area contributed by atoms with E-state index in [0.717, 1.165) is 0 Å². The van der Waals surface area contributed by atoms with Crippen LogP contribution in [0.4, 0.5) is 4.39 Å². The van der Waals surface area contributed by atoms with Crippen molar-refractivity contribution >= 4 is 11.6 Å². The van der Waals surface area contributed by atoms with Crippen LogP contribution in [0.3, 0.4) is 0 Å². The van der Waals surface area contributed by atoms with E-state index in [1.54, 1.807) is 6.92 Å². The Hall–Kier alpha value is -1.11. The molecule has 1 aromatic carbocycles. The summed E-state index contributed by atoms with van der Waals surface area (Å²) in [6.45, 7) is 1.43. The van der Waals surface area contributed by atoms with Crippen molar-refractivity contribution in [2.24, 2.45) is 0 Å². The first-order chi connectivity index (χ1) is 7.03. The molecule has 0 amide bonds. The van der Waals surface area contributed by atoms with Crippen LogP contribution in [0.1, 0.15) is 18.9 Å². The van der Waals surface area contributed by atoms with E-state index in [1.165, 1.54) is 18.2 Å². The number of nitrogens with zero attached hydrogens (tertiary/aromatic N) is 1. The second-order valence-corrected chi connectivity index (χ2v) is 3.98. The summed E-state index contributed by atoms with van der Waals surface area (Å²) in [5.74, 6) is -0.514. The summed E-state index contributed by atoms with van der Waals surface area (Å²) < 4.78 is 13.5. The van der Waals surface area contributed by atoms with Crippen LogP contribution in [0.15, 0.2) is 18.2 Å². The van der Waals surface area contributed by atoms with E-state index < -0.39 is 11.2 Å². The van der Waals surface area contributed by atoms with E-state index in [0.29, 0.717) is 5.02 Å². The Morgan fingerprint density at radius 2 is 2.27 bits per heavy atom. The third kappa shape index (κ3) is 2.47. The van der Waals surface area contributed by atoms with Crippen LogP contribution in [-0.4, -0.2) is 11.7 Å². The Morgan fingerprint density at radius 3 is 2.73 bits per heavy atom. The van der Waals surface area contributed by atoms with Gasteiger partial charge in [0.25, 0.3) is 0 Å². The fourth-order valence-electron chi connectivity index (χ4n) is 1.41. The molecule has 0 aliphatic carbocycles. The fraction of sp³-hybridized carbons (Fsp3) is 0.364. The van der Waals surface area contributed by atoms with Crippen LogP contribution in [0.25, 0.3) is 0 Å². The zero-order valence-corrected chi connectivity index (χ0v) is 9.05. The van der Waals surface area contributed by atoms with Gasteiger partial charge in [0.2, 0.25) is 0 Å². The lowest BCUT2D eigenvalue weighted by Crippen LogP contribution is -2.22. The third-order valence-corrected chi connectivity index (χ3v) is 2.62. The molecular weight excluding hydrogens is 217 g/mol. The van der Waals surface area contributed by atoms with Crippen molar-refractivity contribution < 1.29 is 9.50 Å². The SMILES string of the molecule is CC(C#N)(CCO)c1ccc(Cl)cc1F. The molecule has 1 unspecified atom stereocenters. The molecule has 2 nitrogen and oxygen atoms in total. The van der Waals surface area contributed by atoms with Crippen molar-refractivity contribution in [2.75, 3.05) is 6.61 Å². The zero-order chi connectivity index (χ0) is 11.5. The lowest BCUT2D eigenvalue weighted by molar-refractivity contribution is 0.262. The van der Waals surface area contributed by atoms with Crippen molar-refractivity contribution in [1.29, 1.82) is 5.26 Å². The van der Waals surface area contributed by atoms with Gasteiger partial charge in [0.05, 0.1) is 11.5 Å². The highest BCUT2D eigenvalue weighted by atomic mass is 35.5. The van der Waals surface area contributed by atoms with E-state index in [-0.39, 0.29) is 18.6 Å². The number of aliphatic hydroxyl groups is 1. The van der Waals surface area contributed by atoms with E-state index >= 15 is 0 Å². The maximum atomic E-state index is 13.5. The molecule has 80 valence electrons. The Morgan fingerprint density at radius 1 is 1.60 bits per heavy atom. The molecule has 0 aliphatic heterocycles. The largest absolute Gasteiger partial charge is 0.396 e. The first kappa shape index (κ1) is 12.0. The van der Waals surface area contributed by atoms with Crippen LogP contribution in [-0.2, 0) is 5.41 Å². The smallest absolute Gasteiger partial charge is 0.129 e. The van der Waals surface area contributed by atoms with Crippen LogP contribution in [0.2, 0.25) is 5.02 Å². The van der Waals surface area contributed by atoms with Crippen molar-refractivity contribution in [3.63, 3.8) is 0 Å². The molecule has 1 rings (SSSR count). The molecule has 0 radical (unpaired) electrons. The zero-order valence-electron chi connectivity index (χ0n) is 8.30. The van der Waals surface area contributed by atoms with Crippen LogP contribution >= 0.6 is 11.6 Å². The second kappa shape index (κ2) is 4.61. The summed E-state index contributed by atoms with van der Waals surface area (Å²) in [7, 11) is 0. The molecule has 1 aromatic rings. The Kier molecular flexibility index (Phi) is 3.67. The average molecular weight is 228 g/mol. The number of aliphatic hydroxyl groups excluding tert-OH is 1. The molecule has 0 bridgehead atoms. The maximum absolute atomic E-state index is 13.5. The summed E-state index contributed by atoms with van der Waals surface area (Å²) in [4.78, 5) is 0. The van der Waals surface area contributed by atoms with E-state index in [9.17, 15) is 4.39 Å². The van der Waals surface area contributed by atoms with Gasteiger partial charge in [-0.05, 0) is 25.5 Å². The summed E-state index contributed by atoms with van der Waals surface area (Å²) in [5, 5.41) is 18.1. The Bertz CT molecular complexity index is 402. The summed E-state index contributed by atoms with van der Waals surface area (Å²) in [6, 6.07) is 6.20. The lowest BCUT2D eigenvalue weighted by Gasteiger charge is -2.21. The summed E-state index contributed by atoms with van der Waals surface area (Å²) in [5.41, 5.74) is -0.743. The molecule has 4 heteroatoms. The molecule has 0 saturated heterocycles. The minimum absolute atomic E-state index is 0.161. The minimum Gasteiger partial charge on any atom is -0.396 e. The molecule has 0 aliphatic rings. The van der Waals surface area contributed by atoms with Gasteiger partial charge in [0, 0.05) is 17.2 Å². The monoisotopic (exact) mass is 227 g/mol. The molecule has 0 fully saturated rings. The van der Waals surface area contributed by atoms with Gasteiger partial charge in [0.1, 0.15) is 5.82 Å². The number of benzene rings is 1. The normalized spacial score (nSPS) is 14.3. The number of nitriles is 1. The topological polar surface area (TPSA) is 44.0 Å². The quantitative estimate of drug-likeness (QED) is 0.863. The summed E-state index contributed by atoms with van der Waals surface area (Å²) in [6.07, 6.45) is 0.196. The van der Waals surface area contributed by atoms with Crippen molar-refractivity contribution in [2.45, 2.75) is 18.8 Å². The molecule has 0 spiro atoms. The molecule has 0 aromatic heterocycles. The molecule has 15 heavy (non-hydrogen) atoms. The summed E-state index contributed by atoms with van der Waals surface area (Å²) >= 11 is 5.61. The van der Waals surface area contributed by atoms with Crippen molar-refractivity contribution in [3.05, 3.63) is 34.6 Å². The molecule has 1 atom stereocenters. The van der Waals surface area contributed by atoms with Crippen LogP contribution < -0.4 is 0 Å².